The van der Waals surface area contributed by atoms with Gasteiger partial charge in [-0.3, -0.25) is 4.79 Å². The van der Waals surface area contributed by atoms with Crippen molar-refractivity contribution in [1.82, 2.24) is 0 Å². The predicted molar refractivity (Wildman–Crippen MR) is 117 cm³/mol. The Bertz CT molecular complexity index is 999. The van der Waals surface area contributed by atoms with Crippen LogP contribution in [0.2, 0.25) is 5.02 Å². The summed E-state index contributed by atoms with van der Waals surface area (Å²) < 4.78 is 24.6. The fraction of sp³-hybridized carbons (Fsp3) is 0.174. The predicted octanol–water partition coefficient (Wildman–Crippen LogP) is 5.51. The van der Waals surface area contributed by atoms with Gasteiger partial charge in [-0.05, 0) is 55.0 Å². The molecule has 5 nitrogen and oxygen atoms in total. The van der Waals surface area contributed by atoms with Gasteiger partial charge in [0.2, 0.25) is 0 Å². The average Bonchev–Trinajstić information content (AvgIpc) is 2.75. The lowest BCUT2D eigenvalue weighted by molar-refractivity contribution is -0.118. The molecule has 0 fully saturated rings. The Morgan fingerprint density at radius 3 is 2.50 bits per heavy atom. The van der Waals surface area contributed by atoms with Crippen molar-refractivity contribution >= 4 is 28.9 Å². The van der Waals surface area contributed by atoms with Gasteiger partial charge < -0.3 is 20.1 Å². The van der Waals surface area contributed by atoms with Crippen LogP contribution in [0.1, 0.15) is 12.5 Å². The molecule has 0 aliphatic carbocycles. The van der Waals surface area contributed by atoms with Crippen LogP contribution < -0.4 is 20.1 Å². The van der Waals surface area contributed by atoms with E-state index in [0.29, 0.717) is 36.0 Å². The number of rotatable bonds is 9. The quantitative estimate of drug-likeness (QED) is 0.472. The molecule has 3 rings (SSSR count). The summed E-state index contributed by atoms with van der Waals surface area (Å²) in [5.74, 6) is 0.302. The van der Waals surface area contributed by atoms with Gasteiger partial charge in [-0.25, -0.2) is 4.39 Å². The summed E-state index contributed by atoms with van der Waals surface area (Å²) >= 11 is 5.81. The highest BCUT2D eigenvalue weighted by atomic mass is 35.5. The molecule has 0 spiro atoms. The molecule has 0 bridgehead atoms. The Kier molecular flexibility index (Phi) is 7.51. The highest BCUT2D eigenvalue weighted by Crippen LogP contribution is 2.29. The molecule has 0 radical (unpaired) electrons. The van der Waals surface area contributed by atoms with Gasteiger partial charge in [0, 0.05) is 17.9 Å². The van der Waals surface area contributed by atoms with Crippen LogP contribution in [-0.4, -0.2) is 19.1 Å². The Balaban J connectivity index is 1.61. The van der Waals surface area contributed by atoms with Gasteiger partial charge in [-0.1, -0.05) is 35.9 Å². The number of nitrogens with one attached hydrogen (secondary N) is 2. The van der Waals surface area contributed by atoms with Crippen molar-refractivity contribution in [2.45, 2.75) is 13.5 Å². The van der Waals surface area contributed by atoms with Crippen molar-refractivity contribution in [2.75, 3.05) is 23.8 Å². The summed E-state index contributed by atoms with van der Waals surface area (Å²) in [6.45, 7) is 2.67. The number of para-hydroxylation sites is 1. The number of halogens is 2. The standard InChI is InChI=1S/C23H22ClFN2O3/c1-2-29-22-12-16(14-26-18-9-10-20(25)19(24)13-18)8-11-21(22)30-15-23(28)27-17-6-4-3-5-7-17/h3-13,26H,2,14-15H2,1H3,(H,27,28). The fourth-order valence-corrected chi connectivity index (χ4v) is 2.90. The van der Waals surface area contributed by atoms with Crippen molar-refractivity contribution < 1.29 is 18.7 Å². The molecule has 0 unspecified atom stereocenters. The number of benzene rings is 3. The molecule has 156 valence electrons. The van der Waals surface area contributed by atoms with E-state index in [4.69, 9.17) is 21.1 Å². The first-order valence-corrected chi connectivity index (χ1v) is 9.85. The SMILES string of the molecule is CCOc1cc(CNc2ccc(F)c(Cl)c2)ccc1OCC(=O)Nc1ccccc1. The summed E-state index contributed by atoms with van der Waals surface area (Å²) in [5, 5.41) is 6.02. The van der Waals surface area contributed by atoms with Crippen molar-refractivity contribution in [3.05, 3.63) is 83.1 Å². The van der Waals surface area contributed by atoms with Gasteiger partial charge in [0.05, 0.1) is 11.6 Å². The van der Waals surface area contributed by atoms with E-state index in [-0.39, 0.29) is 17.5 Å². The number of hydrogen-bond acceptors (Lipinski definition) is 4. The van der Waals surface area contributed by atoms with E-state index in [2.05, 4.69) is 10.6 Å². The molecule has 3 aromatic carbocycles. The monoisotopic (exact) mass is 428 g/mol. The third-order valence-electron chi connectivity index (χ3n) is 4.14. The van der Waals surface area contributed by atoms with Crippen LogP contribution >= 0.6 is 11.6 Å². The van der Waals surface area contributed by atoms with Crippen LogP contribution in [0.5, 0.6) is 11.5 Å². The maximum atomic E-state index is 13.3. The van der Waals surface area contributed by atoms with Crippen molar-refractivity contribution in [3.63, 3.8) is 0 Å². The molecular formula is C23H22ClFN2O3. The fourth-order valence-electron chi connectivity index (χ4n) is 2.72. The number of carbonyl (C=O) groups excluding carboxylic acids is 1. The Hall–Kier alpha value is -3.25. The molecule has 0 aliphatic rings. The van der Waals surface area contributed by atoms with E-state index in [1.165, 1.54) is 12.1 Å². The van der Waals surface area contributed by atoms with Gasteiger partial charge >= 0.3 is 0 Å². The number of ether oxygens (including phenoxy) is 2. The molecular weight excluding hydrogens is 407 g/mol. The number of anilines is 2. The second-order valence-corrected chi connectivity index (χ2v) is 6.81. The van der Waals surface area contributed by atoms with Gasteiger partial charge in [-0.2, -0.15) is 0 Å². The smallest absolute Gasteiger partial charge is 0.262 e. The Morgan fingerprint density at radius 2 is 1.77 bits per heavy atom. The van der Waals surface area contributed by atoms with Crippen LogP contribution in [0.4, 0.5) is 15.8 Å². The second kappa shape index (κ2) is 10.5. The van der Waals surface area contributed by atoms with Gasteiger partial charge in [0.25, 0.3) is 5.91 Å². The third kappa shape index (κ3) is 6.12. The molecule has 2 N–H and O–H groups in total. The van der Waals surface area contributed by atoms with Crippen molar-refractivity contribution in [2.24, 2.45) is 0 Å². The van der Waals surface area contributed by atoms with Crippen LogP contribution in [0.15, 0.2) is 66.7 Å². The van der Waals surface area contributed by atoms with Crippen molar-refractivity contribution in [3.8, 4) is 11.5 Å². The minimum atomic E-state index is -0.460. The summed E-state index contributed by atoms with van der Waals surface area (Å²) in [5.41, 5.74) is 2.34. The average molecular weight is 429 g/mol. The lowest BCUT2D eigenvalue weighted by atomic mass is 10.2. The Labute approximate surface area is 179 Å². The maximum Gasteiger partial charge on any atom is 0.262 e. The highest BCUT2D eigenvalue weighted by Gasteiger charge is 2.10. The topological polar surface area (TPSA) is 59.6 Å². The first-order valence-electron chi connectivity index (χ1n) is 9.47. The number of amides is 1. The maximum absolute atomic E-state index is 13.3. The summed E-state index contributed by atoms with van der Waals surface area (Å²) in [4.78, 5) is 12.1. The van der Waals surface area contributed by atoms with E-state index < -0.39 is 5.82 Å². The molecule has 1 amide bonds. The van der Waals surface area contributed by atoms with Crippen molar-refractivity contribution in [1.29, 1.82) is 0 Å². The molecule has 0 saturated heterocycles. The first-order chi connectivity index (χ1) is 14.5. The molecule has 30 heavy (non-hydrogen) atoms. The van der Waals surface area contributed by atoms with Gasteiger partial charge in [0.15, 0.2) is 18.1 Å². The van der Waals surface area contributed by atoms with Crippen LogP contribution in [0.3, 0.4) is 0 Å². The first kappa shape index (κ1) is 21.5. The van der Waals surface area contributed by atoms with E-state index in [9.17, 15) is 9.18 Å². The number of carbonyl (C=O) groups is 1. The summed E-state index contributed by atoms with van der Waals surface area (Å²) in [6.07, 6.45) is 0. The van der Waals surface area contributed by atoms with Crippen LogP contribution in [0, 0.1) is 5.82 Å². The minimum absolute atomic E-state index is 0.0625. The van der Waals surface area contributed by atoms with Gasteiger partial charge in [0.1, 0.15) is 5.82 Å². The summed E-state index contributed by atoms with van der Waals surface area (Å²) in [6, 6.07) is 19.1. The molecule has 7 heteroatoms. The zero-order chi connectivity index (χ0) is 21.3. The Morgan fingerprint density at radius 1 is 0.967 bits per heavy atom. The number of hydrogen-bond donors (Lipinski definition) is 2. The molecule has 0 aliphatic heterocycles. The molecule has 3 aromatic rings. The zero-order valence-corrected chi connectivity index (χ0v) is 17.2. The largest absolute Gasteiger partial charge is 0.490 e. The van der Waals surface area contributed by atoms with Crippen LogP contribution in [-0.2, 0) is 11.3 Å². The zero-order valence-electron chi connectivity index (χ0n) is 16.5. The summed E-state index contributed by atoms with van der Waals surface area (Å²) in [7, 11) is 0. The molecule has 0 aromatic heterocycles. The van der Waals surface area contributed by atoms with E-state index >= 15 is 0 Å². The van der Waals surface area contributed by atoms with Crippen LogP contribution in [0.25, 0.3) is 0 Å². The lowest BCUT2D eigenvalue weighted by Gasteiger charge is -2.14. The van der Waals surface area contributed by atoms with E-state index in [1.807, 2.05) is 37.3 Å². The van der Waals surface area contributed by atoms with Gasteiger partial charge in [-0.15, -0.1) is 0 Å². The molecule has 0 saturated carbocycles. The minimum Gasteiger partial charge on any atom is -0.490 e. The second-order valence-electron chi connectivity index (χ2n) is 6.40. The normalized spacial score (nSPS) is 10.4. The molecule has 0 heterocycles. The third-order valence-corrected chi connectivity index (χ3v) is 4.43. The highest BCUT2D eigenvalue weighted by molar-refractivity contribution is 6.31. The van der Waals surface area contributed by atoms with E-state index in [0.717, 1.165) is 5.56 Å². The molecule has 0 atom stereocenters. The van der Waals surface area contributed by atoms with E-state index in [1.54, 1.807) is 24.3 Å². The lowest BCUT2D eigenvalue weighted by Crippen LogP contribution is -2.20.